The van der Waals surface area contributed by atoms with Gasteiger partial charge in [0, 0.05) is 11.1 Å². The maximum absolute atomic E-state index is 13.3. The van der Waals surface area contributed by atoms with Crippen LogP contribution in [0.4, 0.5) is 10.2 Å². The molecule has 5 heteroatoms. The van der Waals surface area contributed by atoms with Crippen molar-refractivity contribution in [2.45, 2.75) is 45.4 Å². The van der Waals surface area contributed by atoms with Gasteiger partial charge in [-0.1, -0.05) is 51.2 Å². The van der Waals surface area contributed by atoms with Gasteiger partial charge in [0.05, 0.1) is 12.3 Å². The number of halogens is 1. The minimum absolute atomic E-state index is 0.155. The van der Waals surface area contributed by atoms with Crippen LogP contribution in [0.2, 0.25) is 0 Å². The third-order valence-corrected chi connectivity index (χ3v) is 5.23. The van der Waals surface area contributed by atoms with E-state index in [2.05, 4.69) is 18.0 Å². The van der Waals surface area contributed by atoms with Crippen molar-refractivity contribution in [2.24, 2.45) is 0 Å². The molecule has 0 atom stereocenters. The van der Waals surface area contributed by atoms with E-state index in [1.54, 1.807) is 12.1 Å². The molecule has 0 saturated carbocycles. The first-order chi connectivity index (χ1) is 15.1. The smallest absolute Gasteiger partial charge is 0.142 e. The van der Waals surface area contributed by atoms with Gasteiger partial charge in [0.25, 0.3) is 0 Å². The molecule has 2 aromatic carbocycles. The normalized spacial score (nSPS) is 10.6. The van der Waals surface area contributed by atoms with E-state index >= 15 is 0 Å². The number of unbranched alkanes of at least 4 members (excludes halogenated alkanes) is 5. The molecule has 0 saturated heterocycles. The zero-order valence-electron chi connectivity index (χ0n) is 17.9. The van der Waals surface area contributed by atoms with Gasteiger partial charge < -0.3 is 10.5 Å². The fourth-order valence-corrected chi connectivity index (χ4v) is 3.48. The Morgan fingerprint density at radius 1 is 0.935 bits per heavy atom. The molecule has 4 nitrogen and oxygen atoms in total. The van der Waals surface area contributed by atoms with E-state index in [1.165, 1.54) is 44.2 Å². The van der Waals surface area contributed by atoms with Crippen LogP contribution in [0, 0.1) is 17.1 Å². The zero-order chi connectivity index (χ0) is 22.1. The van der Waals surface area contributed by atoms with Gasteiger partial charge in [0.2, 0.25) is 0 Å². The van der Waals surface area contributed by atoms with Crippen molar-refractivity contribution < 1.29 is 9.13 Å². The number of ether oxygens (including phenoxy) is 1. The van der Waals surface area contributed by atoms with Crippen LogP contribution in [-0.4, -0.2) is 11.6 Å². The van der Waals surface area contributed by atoms with E-state index < -0.39 is 0 Å². The maximum atomic E-state index is 13.3. The summed E-state index contributed by atoms with van der Waals surface area (Å²) in [5, 5.41) is 9.59. The lowest BCUT2D eigenvalue weighted by Crippen LogP contribution is -2.00. The molecule has 0 amide bonds. The van der Waals surface area contributed by atoms with Crippen molar-refractivity contribution in [1.82, 2.24) is 4.98 Å². The highest BCUT2D eigenvalue weighted by Gasteiger charge is 2.13. The Morgan fingerprint density at radius 2 is 1.58 bits per heavy atom. The van der Waals surface area contributed by atoms with E-state index in [0.717, 1.165) is 23.3 Å². The summed E-state index contributed by atoms with van der Waals surface area (Å²) in [5.41, 5.74) is 9.25. The van der Waals surface area contributed by atoms with Crippen LogP contribution in [0.5, 0.6) is 5.75 Å². The monoisotopic (exact) mass is 417 g/mol. The lowest BCUT2D eigenvalue weighted by molar-refractivity contribution is 0.304. The van der Waals surface area contributed by atoms with Gasteiger partial charge >= 0.3 is 0 Å². The van der Waals surface area contributed by atoms with E-state index in [-0.39, 0.29) is 11.6 Å². The van der Waals surface area contributed by atoms with Crippen molar-refractivity contribution in [3.05, 3.63) is 66.0 Å². The van der Waals surface area contributed by atoms with Crippen LogP contribution in [-0.2, 0) is 0 Å². The highest BCUT2D eigenvalue weighted by atomic mass is 19.1. The van der Waals surface area contributed by atoms with Gasteiger partial charge in [0.1, 0.15) is 29.0 Å². The summed E-state index contributed by atoms with van der Waals surface area (Å²) >= 11 is 0. The SMILES string of the molecule is CCCCCCCCOc1ccc(-c2cc(-c3ccc(F)cc3)nc(N)c2C#N)cc1. The Balaban J connectivity index is 1.73. The van der Waals surface area contributed by atoms with Crippen molar-refractivity contribution in [3.63, 3.8) is 0 Å². The summed E-state index contributed by atoms with van der Waals surface area (Å²) in [5.74, 6) is 0.640. The second kappa shape index (κ2) is 11.1. The number of rotatable bonds is 10. The van der Waals surface area contributed by atoms with E-state index in [0.29, 0.717) is 23.4 Å². The van der Waals surface area contributed by atoms with Crippen molar-refractivity contribution in [2.75, 3.05) is 12.3 Å². The summed E-state index contributed by atoms with van der Waals surface area (Å²) in [7, 11) is 0. The van der Waals surface area contributed by atoms with Gasteiger partial charge in [0.15, 0.2) is 0 Å². The van der Waals surface area contributed by atoms with Crippen LogP contribution in [0.15, 0.2) is 54.6 Å². The molecule has 3 rings (SSSR count). The molecule has 0 aliphatic heterocycles. The predicted molar refractivity (Wildman–Crippen MR) is 123 cm³/mol. The second-order valence-electron chi connectivity index (χ2n) is 7.57. The molecule has 2 N–H and O–H groups in total. The summed E-state index contributed by atoms with van der Waals surface area (Å²) in [6.07, 6.45) is 7.34. The molecule has 31 heavy (non-hydrogen) atoms. The molecule has 1 aromatic heterocycles. The number of hydrogen-bond donors (Lipinski definition) is 1. The van der Waals surface area contributed by atoms with Gasteiger partial charge in [-0.3, -0.25) is 0 Å². The molecule has 0 fully saturated rings. The first-order valence-electron chi connectivity index (χ1n) is 10.8. The highest BCUT2D eigenvalue weighted by molar-refractivity contribution is 5.80. The Labute approximate surface area is 183 Å². The lowest BCUT2D eigenvalue weighted by atomic mass is 9.98. The molecule has 0 radical (unpaired) electrons. The Bertz CT molecular complexity index is 1020. The molecular weight excluding hydrogens is 389 g/mol. The summed E-state index contributed by atoms with van der Waals surface area (Å²) < 4.78 is 19.1. The van der Waals surface area contributed by atoms with Crippen molar-refractivity contribution >= 4 is 5.82 Å². The van der Waals surface area contributed by atoms with Crippen LogP contribution >= 0.6 is 0 Å². The molecular formula is C26H28FN3O. The fourth-order valence-electron chi connectivity index (χ4n) is 3.48. The molecule has 0 bridgehead atoms. The summed E-state index contributed by atoms with van der Waals surface area (Å²) in [6, 6.07) is 17.6. The number of benzene rings is 2. The molecule has 1 heterocycles. The summed E-state index contributed by atoms with van der Waals surface area (Å²) in [4.78, 5) is 4.33. The molecule has 160 valence electrons. The fraction of sp³-hybridized carbons (Fsp3) is 0.308. The average Bonchev–Trinajstić information content (AvgIpc) is 2.79. The van der Waals surface area contributed by atoms with Crippen LogP contribution in [0.3, 0.4) is 0 Å². The zero-order valence-corrected chi connectivity index (χ0v) is 17.9. The highest BCUT2D eigenvalue weighted by Crippen LogP contribution is 2.32. The number of anilines is 1. The van der Waals surface area contributed by atoms with Crippen LogP contribution < -0.4 is 10.5 Å². The third-order valence-electron chi connectivity index (χ3n) is 5.23. The van der Waals surface area contributed by atoms with Crippen molar-refractivity contribution in [3.8, 4) is 34.2 Å². The molecule has 0 aliphatic carbocycles. The third kappa shape index (κ3) is 6.05. The summed E-state index contributed by atoms with van der Waals surface area (Å²) in [6.45, 7) is 2.92. The van der Waals surface area contributed by atoms with E-state index in [1.807, 2.05) is 30.3 Å². The molecule has 0 spiro atoms. The number of pyridine rings is 1. The number of nitrogens with zero attached hydrogens (tertiary/aromatic N) is 2. The Morgan fingerprint density at radius 3 is 2.26 bits per heavy atom. The number of nitriles is 1. The van der Waals surface area contributed by atoms with Crippen molar-refractivity contribution in [1.29, 1.82) is 5.26 Å². The minimum atomic E-state index is -0.317. The Kier molecular flexibility index (Phi) is 8.00. The quantitative estimate of drug-likeness (QED) is 0.370. The molecule has 0 unspecified atom stereocenters. The topological polar surface area (TPSA) is 71.9 Å². The predicted octanol–water partition coefficient (Wildman–Crippen LogP) is 6.75. The first-order valence-corrected chi connectivity index (χ1v) is 10.8. The maximum Gasteiger partial charge on any atom is 0.142 e. The second-order valence-corrected chi connectivity index (χ2v) is 7.57. The Hall–Kier alpha value is -3.39. The molecule has 0 aliphatic rings. The van der Waals surface area contributed by atoms with Crippen LogP contribution in [0.1, 0.15) is 51.0 Å². The number of aromatic nitrogens is 1. The molecule has 3 aromatic rings. The standard InChI is InChI=1S/C26H28FN3O/c1-2-3-4-5-6-7-16-31-22-14-10-19(11-15-22)23-17-25(30-26(29)24(23)18-28)20-8-12-21(27)13-9-20/h8-15,17H,2-7,16H2,1H3,(H2,29,30). The van der Waals surface area contributed by atoms with E-state index in [4.69, 9.17) is 10.5 Å². The number of hydrogen-bond acceptors (Lipinski definition) is 4. The van der Waals surface area contributed by atoms with Crippen LogP contribution in [0.25, 0.3) is 22.4 Å². The lowest BCUT2D eigenvalue weighted by Gasteiger charge is -2.11. The number of nitrogens with two attached hydrogens (primary N) is 1. The number of nitrogen functional groups attached to an aromatic ring is 1. The van der Waals surface area contributed by atoms with Gasteiger partial charge in [-0.15, -0.1) is 0 Å². The van der Waals surface area contributed by atoms with E-state index in [9.17, 15) is 9.65 Å². The first kappa shape index (κ1) is 22.3. The minimum Gasteiger partial charge on any atom is -0.494 e. The largest absolute Gasteiger partial charge is 0.494 e. The van der Waals surface area contributed by atoms with Gasteiger partial charge in [-0.2, -0.15) is 5.26 Å². The van der Waals surface area contributed by atoms with Gasteiger partial charge in [-0.25, -0.2) is 9.37 Å². The average molecular weight is 418 g/mol. The van der Waals surface area contributed by atoms with Gasteiger partial charge in [-0.05, 0) is 54.4 Å².